The van der Waals surface area contributed by atoms with Gasteiger partial charge in [0.25, 0.3) is 0 Å². The first-order chi connectivity index (χ1) is 7.02. The maximum absolute atomic E-state index is 11.1. The zero-order chi connectivity index (χ0) is 11.1. The minimum Gasteiger partial charge on any atom is -0.431 e. The van der Waals surface area contributed by atoms with Crippen molar-refractivity contribution in [3.63, 3.8) is 0 Å². The van der Waals surface area contributed by atoms with Gasteiger partial charge in [-0.25, -0.2) is 0 Å². The maximum atomic E-state index is 11.1. The Morgan fingerprint density at radius 2 is 2.27 bits per heavy atom. The number of hydrogen-bond donors (Lipinski definition) is 0. The Balaban J connectivity index is 2.35. The van der Waals surface area contributed by atoms with Gasteiger partial charge in [0.05, 0.1) is 0 Å². The monoisotopic (exact) mass is 206 g/mol. The fourth-order valence-electron chi connectivity index (χ4n) is 2.49. The highest BCUT2D eigenvalue weighted by molar-refractivity contribution is 5.67. The van der Waals surface area contributed by atoms with Crippen LogP contribution in [0.15, 0.2) is 24.0 Å². The Kier molecular flexibility index (Phi) is 2.45. The molecule has 3 unspecified atom stereocenters. The SMILES string of the molecule is CC(=O)OC1=CC2C=CC(C)C1(C)CC2. The van der Waals surface area contributed by atoms with Gasteiger partial charge >= 0.3 is 5.97 Å². The van der Waals surface area contributed by atoms with Crippen LogP contribution in [0.4, 0.5) is 0 Å². The normalized spacial score (nSPS) is 38.5. The molecule has 0 fully saturated rings. The molecule has 0 heterocycles. The second kappa shape index (κ2) is 3.51. The van der Waals surface area contributed by atoms with Crippen LogP contribution in [0, 0.1) is 17.3 Å². The van der Waals surface area contributed by atoms with Crippen LogP contribution in [0.5, 0.6) is 0 Å². The molecule has 0 aromatic carbocycles. The molecule has 0 saturated carbocycles. The molecule has 0 aromatic heterocycles. The van der Waals surface area contributed by atoms with Crippen molar-refractivity contribution >= 4 is 5.97 Å². The molecule has 0 amide bonds. The standard InChI is InChI=1S/C13H18O2/c1-9-4-5-11-6-7-13(9,3)12(8-11)15-10(2)14/h4-5,8-9,11H,6-7H2,1-3H3. The third-order valence-electron chi connectivity index (χ3n) is 3.83. The van der Waals surface area contributed by atoms with Crippen molar-refractivity contribution in [1.29, 1.82) is 0 Å². The van der Waals surface area contributed by atoms with Gasteiger partial charge in [-0.1, -0.05) is 26.0 Å². The van der Waals surface area contributed by atoms with E-state index in [4.69, 9.17) is 4.74 Å². The molecule has 2 heteroatoms. The number of allylic oxidation sites excluding steroid dienone is 4. The van der Waals surface area contributed by atoms with Crippen LogP contribution in [0.2, 0.25) is 0 Å². The van der Waals surface area contributed by atoms with Crippen LogP contribution < -0.4 is 0 Å². The number of carbonyl (C=O) groups excluding carboxylic acids is 1. The molecule has 3 aliphatic rings. The number of ether oxygens (including phenoxy) is 1. The Bertz CT molecular complexity index is 340. The van der Waals surface area contributed by atoms with Crippen molar-refractivity contribution < 1.29 is 9.53 Å². The Labute approximate surface area is 91.0 Å². The van der Waals surface area contributed by atoms with Gasteiger partial charge in [0, 0.05) is 12.3 Å². The molecular weight excluding hydrogens is 188 g/mol. The zero-order valence-electron chi connectivity index (χ0n) is 9.62. The summed E-state index contributed by atoms with van der Waals surface area (Å²) in [6.07, 6.45) is 8.88. The molecule has 0 N–H and O–H groups in total. The number of carbonyl (C=O) groups is 1. The van der Waals surface area contributed by atoms with Crippen molar-refractivity contribution in [3.8, 4) is 0 Å². The molecule has 0 saturated heterocycles. The first-order valence-corrected chi connectivity index (χ1v) is 5.61. The third-order valence-corrected chi connectivity index (χ3v) is 3.83. The lowest BCUT2D eigenvalue weighted by Gasteiger charge is -2.37. The first kappa shape index (κ1) is 10.5. The van der Waals surface area contributed by atoms with Gasteiger partial charge in [-0.2, -0.15) is 0 Å². The number of esters is 1. The molecule has 0 spiro atoms. The summed E-state index contributed by atoms with van der Waals surface area (Å²) in [6, 6.07) is 0. The molecule has 3 aliphatic carbocycles. The second-order valence-corrected chi connectivity index (χ2v) is 4.92. The molecule has 2 nitrogen and oxygen atoms in total. The van der Waals surface area contributed by atoms with E-state index in [1.54, 1.807) is 0 Å². The lowest BCUT2D eigenvalue weighted by Crippen LogP contribution is -2.30. The quantitative estimate of drug-likeness (QED) is 0.487. The van der Waals surface area contributed by atoms with Gasteiger partial charge in [-0.05, 0) is 30.8 Å². The fourth-order valence-corrected chi connectivity index (χ4v) is 2.49. The molecule has 3 atom stereocenters. The molecule has 15 heavy (non-hydrogen) atoms. The summed E-state index contributed by atoms with van der Waals surface area (Å²) in [5.74, 6) is 1.57. The van der Waals surface area contributed by atoms with E-state index in [1.807, 2.05) is 0 Å². The molecule has 0 aliphatic heterocycles. The minimum absolute atomic E-state index is 0.00910. The smallest absolute Gasteiger partial charge is 0.307 e. The molecule has 0 aromatic rings. The van der Waals surface area contributed by atoms with E-state index in [0.29, 0.717) is 11.8 Å². The topological polar surface area (TPSA) is 26.3 Å². The van der Waals surface area contributed by atoms with Gasteiger partial charge in [-0.15, -0.1) is 0 Å². The summed E-state index contributed by atoms with van der Waals surface area (Å²) in [7, 11) is 0. The average molecular weight is 206 g/mol. The van der Waals surface area contributed by atoms with E-state index >= 15 is 0 Å². The highest BCUT2D eigenvalue weighted by Crippen LogP contribution is 2.48. The average Bonchev–Trinajstić information content (AvgIpc) is 2.35. The fraction of sp³-hybridized carbons (Fsp3) is 0.615. The van der Waals surface area contributed by atoms with Crippen molar-refractivity contribution in [2.75, 3.05) is 0 Å². The molecular formula is C13H18O2. The van der Waals surface area contributed by atoms with Gasteiger partial charge in [0.1, 0.15) is 5.76 Å². The first-order valence-electron chi connectivity index (χ1n) is 5.61. The van der Waals surface area contributed by atoms with Crippen LogP contribution >= 0.6 is 0 Å². The summed E-state index contributed by atoms with van der Waals surface area (Å²) < 4.78 is 5.36. The van der Waals surface area contributed by atoms with E-state index in [9.17, 15) is 4.79 Å². The lowest BCUT2D eigenvalue weighted by atomic mass is 9.70. The van der Waals surface area contributed by atoms with Crippen LogP contribution in [-0.4, -0.2) is 5.97 Å². The largest absolute Gasteiger partial charge is 0.431 e. The van der Waals surface area contributed by atoms with E-state index in [1.165, 1.54) is 13.3 Å². The summed E-state index contributed by atoms with van der Waals surface area (Å²) in [4.78, 5) is 11.1. The van der Waals surface area contributed by atoms with Gasteiger partial charge in [0.15, 0.2) is 0 Å². The summed E-state index contributed by atoms with van der Waals surface area (Å²) in [5.41, 5.74) is 0.00910. The molecule has 82 valence electrons. The van der Waals surface area contributed by atoms with Crippen molar-refractivity contribution in [1.82, 2.24) is 0 Å². The summed E-state index contributed by atoms with van der Waals surface area (Å²) in [5, 5.41) is 0. The lowest BCUT2D eigenvalue weighted by molar-refractivity contribution is -0.139. The Morgan fingerprint density at radius 3 is 2.93 bits per heavy atom. The van der Waals surface area contributed by atoms with Crippen molar-refractivity contribution in [2.24, 2.45) is 17.3 Å². The second-order valence-electron chi connectivity index (χ2n) is 4.92. The Hall–Kier alpha value is -1.05. The van der Waals surface area contributed by atoms with Crippen LogP contribution in [-0.2, 0) is 9.53 Å². The molecule has 2 bridgehead atoms. The van der Waals surface area contributed by atoms with E-state index in [0.717, 1.165) is 12.2 Å². The van der Waals surface area contributed by atoms with Crippen molar-refractivity contribution in [3.05, 3.63) is 24.0 Å². The third kappa shape index (κ3) is 1.73. The number of hydrogen-bond acceptors (Lipinski definition) is 2. The maximum Gasteiger partial charge on any atom is 0.307 e. The van der Waals surface area contributed by atoms with E-state index in [-0.39, 0.29) is 11.4 Å². The molecule has 3 rings (SSSR count). The van der Waals surface area contributed by atoms with E-state index in [2.05, 4.69) is 32.1 Å². The highest BCUT2D eigenvalue weighted by Gasteiger charge is 2.41. The highest BCUT2D eigenvalue weighted by atomic mass is 16.5. The Morgan fingerprint density at radius 1 is 1.53 bits per heavy atom. The van der Waals surface area contributed by atoms with Gasteiger partial charge in [0.2, 0.25) is 0 Å². The zero-order valence-corrected chi connectivity index (χ0v) is 9.62. The van der Waals surface area contributed by atoms with Crippen molar-refractivity contribution in [2.45, 2.75) is 33.6 Å². The van der Waals surface area contributed by atoms with Crippen LogP contribution in [0.1, 0.15) is 33.6 Å². The molecule has 0 radical (unpaired) electrons. The van der Waals surface area contributed by atoms with Crippen LogP contribution in [0.25, 0.3) is 0 Å². The van der Waals surface area contributed by atoms with E-state index < -0.39 is 0 Å². The predicted molar refractivity (Wildman–Crippen MR) is 59.0 cm³/mol. The number of fused-ring (bicyclic) bond motifs is 2. The minimum atomic E-state index is -0.206. The summed E-state index contributed by atoms with van der Waals surface area (Å²) >= 11 is 0. The number of rotatable bonds is 1. The van der Waals surface area contributed by atoms with Gasteiger partial charge in [-0.3, -0.25) is 4.79 Å². The predicted octanol–water partition coefficient (Wildman–Crippen LogP) is 3.06. The van der Waals surface area contributed by atoms with Crippen LogP contribution in [0.3, 0.4) is 0 Å². The summed E-state index contributed by atoms with van der Waals surface area (Å²) in [6.45, 7) is 5.86. The van der Waals surface area contributed by atoms with Gasteiger partial charge < -0.3 is 4.74 Å².